The first-order chi connectivity index (χ1) is 12.6. The van der Waals surface area contributed by atoms with E-state index in [1.807, 2.05) is 12.1 Å². The second-order valence-corrected chi connectivity index (χ2v) is 6.51. The van der Waals surface area contributed by atoms with Crippen LogP contribution in [0.25, 0.3) is 11.0 Å². The molecule has 0 bridgehead atoms. The summed E-state index contributed by atoms with van der Waals surface area (Å²) in [5.74, 6) is 5.85. The van der Waals surface area contributed by atoms with Crippen molar-refractivity contribution >= 4 is 28.5 Å². The number of aliphatic hydroxyl groups is 2. The van der Waals surface area contributed by atoms with Crippen molar-refractivity contribution in [1.29, 1.82) is 0 Å². The van der Waals surface area contributed by atoms with Gasteiger partial charge in [-0.25, -0.2) is 20.5 Å². The van der Waals surface area contributed by atoms with E-state index in [-0.39, 0.29) is 0 Å². The van der Waals surface area contributed by atoms with Crippen molar-refractivity contribution in [3.05, 3.63) is 47.4 Å². The van der Waals surface area contributed by atoms with Crippen LogP contribution in [0.15, 0.2) is 36.8 Å². The first-order valence-electron chi connectivity index (χ1n) is 7.99. The monoisotopic (exact) mass is 376 g/mol. The molecule has 4 rings (SSSR count). The van der Waals surface area contributed by atoms with Crippen LogP contribution >= 0.6 is 11.6 Å². The number of hydrogen-bond donors (Lipinski definition) is 4. The second kappa shape index (κ2) is 6.78. The molecule has 1 fully saturated rings. The molecule has 0 saturated carbocycles. The molecular formula is C16H17ClN6O3. The molecule has 2 aromatic heterocycles. The summed E-state index contributed by atoms with van der Waals surface area (Å²) in [7, 11) is 0. The third kappa shape index (κ3) is 2.89. The Balaban J connectivity index is 1.61. The van der Waals surface area contributed by atoms with Crippen LogP contribution in [-0.4, -0.2) is 48.3 Å². The molecule has 0 aliphatic carbocycles. The number of nitrogens with two attached hydrogens (primary N) is 1. The normalized spacial score (nSPS) is 25.7. The average Bonchev–Trinajstić information content (AvgIpc) is 3.20. The molecule has 1 saturated heterocycles. The average molecular weight is 377 g/mol. The molecular weight excluding hydrogens is 360 g/mol. The van der Waals surface area contributed by atoms with Gasteiger partial charge >= 0.3 is 0 Å². The van der Waals surface area contributed by atoms with E-state index in [0.717, 1.165) is 5.56 Å². The minimum Gasteiger partial charge on any atom is -0.388 e. The molecule has 0 radical (unpaired) electrons. The number of hydrazine groups is 1. The Labute approximate surface area is 153 Å². The van der Waals surface area contributed by atoms with Gasteiger partial charge in [-0.15, -0.1) is 0 Å². The predicted molar refractivity (Wildman–Crippen MR) is 94.2 cm³/mol. The van der Waals surface area contributed by atoms with Gasteiger partial charge < -0.3 is 20.4 Å². The van der Waals surface area contributed by atoms with E-state index < -0.39 is 24.5 Å². The highest BCUT2D eigenvalue weighted by atomic mass is 35.5. The standard InChI is InChI=1S/C16H17ClN6O3/c17-9-3-1-8(2-4-9)5-11-12(24)13(25)16(26-11)23-15-10(6-21-23)14(22-18)19-7-20-15/h1-4,6-7,11-13,16,24-25H,5,18H2,(H,19,20,22)/t11-,12-,13-,16-/m1/s1. The van der Waals surface area contributed by atoms with Crippen molar-refractivity contribution in [2.24, 2.45) is 5.84 Å². The van der Waals surface area contributed by atoms with E-state index in [4.69, 9.17) is 22.2 Å². The van der Waals surface area contributed by atoms with Crippen molar-refractivity contribution in [3.8, 4) is 0 Å². The minimum atomic E-state index is -1.15. The lowest BCUT2D eigenvalue weighted by molar-refractivity contribution is -0.0415. The maximum Gasteiger partial charge on any atom is 0.181 e. The van der Waals surface area contributed by atoms with Crippen molar-refractivity contribution in [1.82, 2.24) is 19.7 Å². The fraction of sp³-hybridized carbons (Fsp3) is 0.312. The minimum absolute atomic E-state index is 0.409. The summed E-state index contributed by atoms with van der Waals surface area (Å²) in [6.07, 6.45) is -0.401. The van der Waals surface area contributed by atoms with Gasteiger partial charge in [0.1, 0.15) is 18.5 Å². The number of hydrogen-bond acceptors (Lipinski definition) is 8. The van der Waals surface area contributed by atoms with Crippen LogP contribution in [0.5, 0.6) is 0 Å². The largest absolute Gasteiger partial charge is 0.388 e. The first-order valence-corrected chi connectivity index (χ1v) is 8.37. The highest BCUT2D eigenvalue weighted by molar-refractivity contribution is 6.30. The summed E-state index contributed by atoms with van der Waals surface area (Å²) in [5, 5.41) is 26.3. The molecule has 1 aromatic carbocycles. The summed E-state index contributed by atoms with van der Waals surface area (Å²) < 4.78 is 7.33. The Morgan fingerprint density at radius 3 is 2.69 bits per heavy atom. The number of nitrogen functional groups attached to an aromatic ring is 1. The fourth-order valence-corrected chi connectivity index (χ4v) is 3.24. The maximum absolute atomic E-state index is 10.5. The van der Waals surface area contributed by atoms with Gasteiger partial charge in [0.05, 0.1) is 17.7 Å². The van der Waals surface area contributed by atoms with E-state index in [1.165, 1.54) is 17.2 Å². The van der Waals surface area contributed by atoms with E-state index >= 15 is 0 Å². The lowest BCUT2D eigenvalue weighted by atomic mass is 10.0. The molecule has 26 heavy (non-hydrogen) atoms. The van der Waals surface area contributed by atoms with Crippen LogP contribution in [0.1, 0.15) is 11.8 Å². The quantitative estimate of drug-likeness (QED) is 0.385. The zero-order valence-corrected chi connectivity index (χ0v) is 14.3. The summed E-state index contributed by atoms with van der Waals surface area (Å²) in [5.41, 5.74) is 3.85. The number of halogens is 1. The number of aromatic nitrogens is 4. The van der Waals surface area contributed by atoms with Crippen molar-refractivity contribution in [3.63, 3.8) is 0 Å². The molecule has 9 nitrogen and oxygen atoms in total. The van der Waals surface area contributed by atoms with Crippen LogP contribution in [0.2, 0.25) is 5.02 Å². The number of nitrogens with one attached hydrogen (secondary N) is 1. The molecule has 0 unspecified atom stereocenters. The maximum atomic E-state index is 10.5. The highest BCUT2D eigenvalue weighted by Gasteiger charge is 2.44. The summed E-state index contributed by atoms with van der Waals surface area (Å²) in [4.78, 5) is 8.19. The van der Waals surface area contributed by atoms with Gasteiger partial charge in [-0.2, -0.15) is 5.10 Å². The predicted octanol–water partition coefficient (Wildman–Crippen LogP) is 0.627. The molecule has 0 amide bonds. The van der Waals surface area contributed by atoms with E-state index in [0.29, 0.717) is 28.3 Å². The van der Waals surface area contributed by atoms with Crippen LogP contribution in [0.3, 0.4) is 0 Å². The molecule has 0 spiro atoms. The smallest absolute Gasteiger partial charge is 0.181 e. The molecule has 136 valence electrons. The zero-order valence-electron chi connectivity index (χ0n) is 13.5. The van der Waals surface area contributed by atoms with Crippen LogP contribution in [0.4, 0.5) is 5.82 Å². The van der Waals surface area contributed by atoms with Crippen molar-refractivity contribution < 1.29 is 14.9 Å². The first kappa shape index (κ1) is 17.1. The molecule has 1 aliphatic heterocycles. The van der Waals surface area contributed by atoms with E-state index in [9.17, 15) is 10.2 Å². The number of rotatable bonds is 4. The second-order valence-electron chi connectivity index (χ2n) is 6.07. The van der Waals surface area contributed by atoms with Crippen LogP contribution < -0.4 is 11.3 Å². The summed E-state index contributed by atoms with van der Waals surface area (Å²) in [6.45, 7) is 0. The number of benzene rings is 1. The summed E-state index contributed by atoms with van der Waals surface area (Å²) >= 11 is 5.89. The zero-order chi connectivity index (χ0) is 18.3. The fourth-order valence-electron chi connectivity index (χ4n) is 3.12. The van der Waals surface area contributed by atoms with E-state index in [1.54, 1.807) is 12.1 Å². The van der Waals surface area contributed by atoms with Crippen molar-refractivity contribution in [2.45, 2.75) is 31.0 Å². The van der Waals surface area contributed by atoms with Gasteiger partial charge in [-0.1, -0.05) is 23.7 Å². The molecule has 3 aromatic rings. The Morgan fingerprint density at radius 2 is 1.96 bits per heavy atom. The van der Waals surface area contributed by atoms with Gasteiger partial charge in [-0.05, 0) is 17.7 Å². The summed E-state index contributed by atoms with van der Waals surface area (Å²) in [6, 6.07) is 7.25. The third-order valence-corrected chi connectivity index (χ3v) is 4.71. The van der Waals surface area contributed by atoms with E-state index in [2.05, 4.69) is 20.5 Å². The Hall–Kier alpha value is -2.30. The van der Waals surface area contributed by atoms with Gasteiger partial charge in [0.25, 0.3) is 0 Å². The molecule has 10 heteroatoms. The number of fused-ring (bicyclic) bond motifs is 1. The van der Waals surface area contributed by atoms with Crippen molar-refractivity contribution in [2.75, 3.05) is 5.43 Å². The van der Waals surface area contributed by atoms with Gasteiger partial charge in [0.2, 0.25) is 0 Å². The SMILES string of the molecule is NNc1ncnc2c1cnn2[C@@H]1O[C@H](Cc2ccc(Cl)cc2)[C@@H](O)[C@H]1O. The molecule has 1 aliphatic rings. The molecule has 4 atom stereocenters. The van der Waals surface area contributed by atoms with Gasteiger partial charge in [0.15, 0.2) is 17.7 Å². The lowest BCUT2D eigenvalue weighted by Crippen LogP contribution is -2.32. The van der Waals surface area contributed by atoms with Crippen LogP contribution in [-0.2, 0) is 11.2 Å². The Kier molecular flexibility index (Phi) is 4.47. The van der Waals surface area contributed by atoms with Gasteiger partial charge in [0, 0.05) is 11.4 Å². The number of nitrogens with zero attached hydrogens (tertiary/aromatic N) is 4. The lowest BCUT2D eigenvalue weighted by Gasteiger charge is -2.15. The highest BCUT2D eigenvalue weighted by Crippen LogP contribution is 2.33. The Morgan fingerprint density at radius 1 is 1.19 bits per heavy atom. The Bertz CT molecular complexity index is 918. The topological polar surface area (TPSA) is 131 Å². The number of anilines is 1. The molecule has 5 N–H and O–H groups in total. The third-order valence-electron chi connectivity index (χ3n) is 4.46. The molecule has 3 heterocycles. The number of aliphatic hydroxyl groups excluding tert-OH is 2. The van der Waals surface area contributed by atoms with Crippen LogP contribution in [0, 0.1) is 0 Å². The number of ether oxygens (including phenoxy) is 1. The van der Waals surface area contributed by atoms with Gasteiger partial charge in [-0.3, -0.25) is 0 Å².